The summed E-state index contributed by atoms with van der Waals surface area (Å²) in [5, 5.41) is 0. The molecule has 0 aliphatic heterocycles. The van der Waals surface area contributed by atoms with Gasteiger partial charge in [-0.15, -0.1) is 6.58 Å². The highest BCUT2D eigenvalue weighted by atomic mass is 28.5. The second kappa shape index (κ2) is 11.0. The smallest absolute Gasteiger partial charge is 0.463 e. The fourth-order valence-corrected chi connectivity index (χ4v) is 19.1. The molecule has 0 bridgehead atoms. The first-order valence-corrected chi connectivity index (χ1v) is 19.4. The Morgan fingerprint density at radius 3 is 1.85 bits per heavy atom. The van der Waals surface area contributed by atoms with Crippen LogP contribution in [0.3, 0.4) is 0 Å². The number of hydrogen-bond donors (Lipinski definition) is 0. The predicted octanol–water partition coefficient (Wildman–Crippen LogP) is 3.72. The van der Waals surface area contributed by atoms with Crippen LogP contribution in [0.5, 0.6) is 0 Å². The average Bonchev–Trinajstić information content (AvgIpc) is 2.55. The van der Waals surface area contributed by atoms with Gasteiger partial charge in [-0.2, -0.15) is 0 Å². The van der Waals surface area contributed by atoms with Gasteiger partial charge in [0.05, 0.1) is 6.61 Å². The van der Waals surface area contributed by atoms with Crippen LogP contribution in [0.1, 0.15) is 6.42 Å². The summed E-state index contributed by atoms with van der Waals surface area (Å²) in [6.45, 7) is 19.6. The second-order valence-electron chi connectivity index (χ2n) is 7.48. The SMILES string of the molecule is C=CC(=O)OCCC[Si](OC)(OC)O[Si](C)(C)O[Si](C)(C)O[Si](C)(C)C=C. The molecule has 0 aromatic heterocycles. The van der Waals surface area contributed by atoms with E-state index in [0.29, 0.717) is 12.5 Å². The molecular weight excluding hydrogens is 417 g/mol. The van der Waals surface area contributed by atoms with Gasteiger partial charge in [-0.05, 0) is 45.7 Å². The molecule has 0 unspecified atom stereocenters. The van der Waals surface area contributed by atoms with Crippen LogP contribution in [0.4, 0.5) is 0 Å². The van der Waals surface area contributed by atoms with Gasteiger partial charge in [-0.25, -0.2) is 4.79 Å². The third-order valence-corrected chi connectivity index (χ3v) is 18.0. The fraction of sp³-hybridized carbons (Fsp3) is 0.688. The fourth-order valence-electron chi connectivity index (χ4n) is 2.63. The number of esters is 1. The molecule has 0 aromatic carbocycles. The number of rotatable bonds is 14. The van der Waals surface area contributed by atoms with Crippen LogP contribution in [0.2, 0.25) is 45.3 Å². The lowest BCUT2D eigenvalue weighted by Crippen LogP contribution is -2.59. The molecule has 0 heterocycles. The summed E-state index contributed by atoms with van der Waals surface area (Å²) in [6.07, 6.45) is 1.70. The number of hydrogen-bond acceptors (Lipinski definition) is 7. The second-order valence-corrected chi connectivity index (χ2v) is 21.8. The van der Waals surface area contributed by atoms with E-state index in [2.05, 4.69) is 26.3 Å². The summed E-state index contributed by atoms with van der Waals surface area (Å²) in [7, 11) is -6.80. The third kappa shape index (κ3) is 10.7. The Balaban J connectivity index is 5.00. The third-order valence-electron chi connectivity index (χ3n) is 3.55. The minimum absolute atomic E-state index is 0.251. The van der Waals surface area contributed by atoms with E-state index >= 15 is 0 Å². The average molecular weight is 453 g/mol. The molecule has 0 spiro atoms. The van der Waals surface area contributed by atoms with Crippen molar-refractivity contribution in [3.63, 3.8) is 0 Å². The van der Waals surface area contributed by atoms with Crippen LogP contribution >= 0.6 is 0 Å². The number of carbonyl (C=O) groups excluding carboxylic acids is 1. The Morgan fingerprint density at radius 1 is 0.889 bits per heavy atom. The Kier molecular flexibility index (Phi) is 10.8. The van der Waals surface area contributed by atoms with Gasteiger partial charge in [-0.3, -0.25) is 0 Å². The standard InChI is InChI=1S/C16H36O7Si4/c1-11-16(17)20-14-13-15-27(18-3,19-4)23-26(9,10)22-25(7,8)21-24(5,6)12-2/h11-12H,1-2,13-15H2,3-10H3. The normalized spacial score (nSPS) is 13.3. The van der Waals surface area contributed by atoms with E-state index in [0.717, 1.165) is 6.08 Å². The van der Waals surface area contributed by atoms with Gasteiger partial charge in [0.2, 0.25) is 0 Å². The van der Waals surface area contributed by atoms with Crippen LogP contribution in [-0.4, -0.2) is 61.0 Å². The Labute approximate surface area is 168 Å². The molecule has 0 saturated heterocycles. The first-order chi connectivity index (χ1) is 12.3. The van der Waals surface area contributed by atoms with E-state index in [1.807, 2.05) is 31.9 Å². The zero-order chi connectivity index (χ0) is 21.4. The zero-order valence-electron chi connectivity index (χ0n) is 18.0. The van der Waals surface area contributed by atoms with Crippen molar-refractivity contribution in [1.29, 1.82) is 0 Å². The van der Waals surface area contributed by atoms with E-state index in [1.165, 1.54) is 0 Å². The minimum Gasteiger partial charge on any atom is -0.463 e. The summed E-state index contributed by atoms with van der Waals surface area (Å²) in [4.78, 5) is 11.2. The first-order valence-electron chi connectivity index (χ1n) is 8.89. The van der Waals surface area contributed by atoms with Crippen molar-refractivity contribution in [2.45, 2.75) is 51.7 Å². The van der Waals surface area contributed by atoms with Crippen molar-refractivity contribution in [3.05, 3.63) is 24.9 Å². The molecule has 0 fully saturated rings. The summed E-state index contributed by atoms with van der Waals surface area (Å²) in [5.41, 5.74) is 1.90. The van der Waals surface area contributed by atoms with Crippen LogP contribution in [0.15, 0.2) is 24.9 Å². The predicted molar refractivity (Wildman–Crippen MR) is 116 cm³/mol. The van der Waals surface area contributed by atoms with E-state index in [-0.39, 0.29) is 6.61 Å². The molecule has 27 heavy (non-hydrogen) atoms. The molecule has 0 saturated carbocycles. The molecule has 11 heteroatoms. The maximum atomic E-state index is 11.2. The van der Waals surface area contributed by atoms with E-state index in [4.69, 9.17) is 25.9 Å². The summed E-state index contributed by atoms with van der Waals surface area (Å²) in [6, 6.07) is 0.514. The lowest BCUT2D eigenvalue weighted by atomic mass is 10.5. The Hall–Kier alpha value is -0.382. The van der Waals surface area contributed by atoms with E-state index in [9.17, 15) is 4.79 Å². The monoisotopic (exact) mass is 452 g/mol. The van der Waals surface area contributed by atoms with Crippen molar-refractivity contribution in [1.82, 2.24) is 0 Å². The molecule has 0 rings (SSSR count). The highest BCUT2D eigenvalue weighted by molar-refractivity contribution is 6.89. The molecule has 0 amide bonds. The summed E-state index contributed by atoms with van der Waals surface area (Å²) in [5.74, 6) is -0.449. The highest BCUT2D eigenvalue weighted by Gasteiger charge is 2.48. The molecule has 0 aliphatic carbocycles. The molecule has 0 N–H and O–H groups in total. The molecule has 0 aliphatic rings. The van der Waals surface area contributed by atoms with E-state index in [1.54, 1.807) is 14.2 Å². The molecule has 0 aromatic rings. The van der Waals surface area contributed by atoms with Crippen LogP contribution in [0, 0.1) is 0 Å². The number of ether oxygens (including phenoxy) is 1. The van der Waals surface area contributed by atoms with Crippen molar-refractivity contribution in [2.24, 2.45) is 0 Å². The maximum absolute atomic E-state index is 11.2. The van der Waals surface area contributed by atoms with Gasteiger partial charge >= 0.3 is 31.9 Å². The molecule has 158 valence electrons. The van der Waals surface area contributed by atoms with Gasteiger partial charge in [0.25, 0.3) is 0 Å². The van der Waals surface area contributed by atoms with Crippen molar-refractivity contribution in [3.8, 4) is 0 Å². The van der Waals surface area contributed by atoms with Gasteiger partial charge in [0, 0.05) is 26.3 Å². The quantitative estimate of drug-likeness (QED) is 0.172. The van der Waals surface area contributed by atoms with Crippen molar-refractivity contribution >= 4 is 40.2 Å². The van der Waals surface area contributed by atoms with Crippen molar-refractivity contribution in [2.75, 3.05) is 20.8 Å². The van der Waals surface area contributed by atoms with E-state index < -0.39 is 40.2 Å². The van der Waals surface area contributed by atoms with Crippen LogP contribution in [0.25, 0.3) is 0 Å². The number of carbonyl (C=O) groups is 1. The van der Waals surface area contributed by atoms with Gasteiger partial charge in [0.15, 0.2) is 8.32 Å². The summed E-state index contributed by atoms with van der Waals surface area (Å²) >= 11 is 0. The topological polar surface area (TPSA) is 72.5 Å². The summed E-state index contributed by atoms with van der Waals surface area (Å²) < 4.78 is 35.3. The van der Waals surface area contributed by atoms with Gasteiger partial charge in [0.1, 0.15) is 0 Å². The Bertz CT molecular complexity index is 505. The van der Waals surface area contributed by atoms with Crippen LogP contribution in [-0.2, 0) is 30.7 Å². The first kappa shape index (κ1) is 26.6. The molecule has 7 nitrogen and oxygen atoms in total. The Morgan fingerprint density at radius 2 is 1.41 bits per heavy atom. The maximum Gasteiger partial charge on any atom is 0.491 e. The minimum atomic E-state index is -2.95. The largest absolute Gasteiger partial charge is 0.491 e. The molecule has 0 atom stereocenters. The van der Waals surface area contributed by atoms with Gasteiger partial charge in [-0.1, -0.05) is 12.3 Å². The molecular formula is C16H36O7Si4. The molecule has 0 radical (unpaired) electrons. The van der Waals surface area contributed by atoms with Gasteiger partial charge < -0.3 is 25.9 Å². The van der Waals surface area contributed by atoms with Crippen LogP contribution < -0.4 is 0 Å². The lowest BCUT2D eigenvalue weighted by Gasteiger charge is -2.40. The lowest BCUT2D eigenvalue weighted by molar-refractivity contribution is -0.137. The highest BCUT2D eigenvalue weighted by Crippen LogP contribution is 2.27. The van der Waals surface area contributed by atoms with Crippen molar-refractivity contribution < 1.29 is 30.7 Å². The zero-order valence-corrected chi connectivity index (χ0v) is 22.0.